The predicted octanol–water partition coefficient (Wildman–Crippen LogP) is 2.73. The number of hydrogen-bond donors (Lipinski definition) is 0. The van der Waals surface area contributed by atoms with E-state index in [0.29, 0.717) is 10.8 Å². The molecule has 0 atom stereocenters. The molecule has 0 N–H and O–H groups in total. The van der Waals surface area contributed by atoms with Gasteiger partial charge in [0, 0.05) is 18.5 Å². The van der Waals surface area contributed by atoms with Crippen LogP contribution in [0.1, 0.15) is 0 Å². The lowest BCUT2D eigenvalue weighted by Crippen LogP contribution is -1.96. The van der Waals surface area contributed by atoms with E-state index in [2.05, 4.69) is 11.1 Å². The largest absolute Gasteiger partial charge is 0.438 e. The van der Waals surface area contributed by atoms with Crippen LogP contribution in [0.3, 0.4) is 0 Å². The Morgan fingerprint density at radius 1 is 1.28 bits per heavy atom. The molecule has 0 aliphatic rings. The highest BCUT2D eigenvalue weighted by Gasteiger charge is 2.08. The first-order valence-electron chi connectivity index (χ1n) is 4.96. The summed E-state index contributed by atoms with van der Waals surface area (Å²) in [6.45, 7) is 0. The molecule has 4 nitrogen and oxygen atoms in total. The van der Waals surface area contributed by atoms with Crippen LogP contribution in [-0.2, 0) is 9.84 Å². The Morgan fingerprint density at radius 3 is 2.50 bits per heavy atom. The van der Waals surface area contributed by atoms with Crippen molar-refractivity contribution in [3.05, 3.63) is 47.6 Å². The van der Waals surface area contributed by atoms with Gasteiger partial charge in [-0.3, -0.25) is 0 Å². The van der Waals surface area contributed by atoms with Crippen molar-refractivity contribution in [1.82, 2.24) is 4.98 Å². The number of ether oxygens (including phenoxy) is 1. The van der Waals surface area contributed by atoms with E-state index < -0.39 is 9.84 Å². The van der Waals surface area contributed by atoms with Crippen LogP contribution < -0.4 is 4.74 Å². The molecule has 0 fully saturated rings. The van der Waals surface area contributed by atoms with Crippen molar-refractivity contribution in [3.8, 4) is 11.6 Å². The van der Waals surface area contributed by atoms with Crippen LogP contribution in [0, 0.1) is 6.07 Å². The molecular formula is C12H9ClNO3S. The molecule has 0 bridgehead atoms. The number of aromatic nitrogens is 1. The van der Waals surface area contributed by atoms with Gasteiger partial charge < -0.3 is 4.74 Å². The summed E-state index contributed by atoms with van der Waals surface area (Å²) in [6, 6.07) is 10.3. The number of rotatable bonds is 3. The number of halogens is 1. The third-order valence-corrected chi connectivity index (χ3v) is 3.54. The monoisotopic (exact) mass is 282 g/mol. The average molecular weight is 283 g/mol. The molecule has 0 amide bonds. The quantitative estimate of drug-likeness (QED) is 0.868. The van der Waals surface area contributed by atoms with Gasteiger partial charge in [0.25, 0.3) is 0 Å². The molecule has 0 aliphatic heterocycles. The fraction of sp³-hybridized carbons (Fsp3) is 0.0833. The van der Waals surface area contributed by atoms with Gasteiger partial charge in [0.05, 0.1) is 4.90 Å². The van der Waals surface area contributed by atoms with Gasteiger partial charge in [-0.2, -0.15) is 0 Å². The maximum atomic E-state index is 11.3. The normalized spacial score (nSPS) is 11.2. The first-order valence-corrected chi connectivity index (χ1v) is 7.23. The molecule has 93 valence electrons. The van der Waals surface area contributed by atoms with Gasteiger partial charge in [0.1, 0.15) is 10.8 Å². The molecule has 1 radical (unpaired) electrons. The topological polar surface area (TPSA) is 56.3 Å². The van der Waals surface area contributed by atoms with Gasteiger partial charge in [-0.1, -0.05) is 11.6 Å². The van der Waals surface area contributed by atoms with Crippen molar-refractivity contribution in [2.45, 2.75) is 4.90 Å². The van der Waals surface area contributed by atoms with Crippen molar-refractivity contribution in [2.75, 3.05) is 6.26 Å². The molecule has 0 saturated carbocycles. The number of benzene rings is 1. The molecule has 0 aliphatic carbocycles. The van der Waals surface area contributed by atoms with Crippen LogP contribution in [0.25, 0.3) is 0 Å². The van der Waals surface area contributed by atoms with E-state index in [4.69, 9.17) is 16.3 Å². The predicted molar refractivity (Wildman–Crippen MR) is 67.7 cm³/mol. The lowest BCUT2D eigenvalue weighted by Gasteiger charge is -2.06. The van der Waals surface area contributed by atoms with Crippen LogP contribution in [0.5, 0.6) is 11.6 Å². The molecular weight excluding hydrogens is 274 g/mol. The molecule has 1 heterocycles. The maximum absolute atomic E-state index is 11.3. The lowest BCUT2D eigenvalue weighted by atomic mass is 10.3. The number of sulfone groups is 1. The van der Waals surface area contributed by atoms with Crippen molar-refractivity contribution in [2.24, 2.45) is 0 Å². The van der Waals surface area contributed by atoms with E-state index in [1.54, 1.807) is 12.1 Å². The molecule has 2 aromatic rings. The Kier molecular flexibility index (Phi) is 3.54. The molecule has 6 heteroatoms. The van der Waals surface area contributed by atoms with Gasteiger partial charge in [-0.05, 0) is 30.3 Å². The highest BCUT2D eigenvalue weighted by molar-refractivity contribution is 7.90. The van der Waals surface area contributed by atoms with Crippen LogP contribution >= 0.6 is 11.6 Å². The van der Waals surface area contributed by atoms with Crippen LogP contribution in [0.4, 0.5) is 0 Å². The molecule has 2 rings (SSSR count). The van der Waals surface area contributed by atoms with Crippen LogP contribution in [-0.4, -0.2) is 19.7 Å². The first kappa shape index (κ1) is 12.9. The summed E-state index contributed by atoms with van der Waals surface area (Å²) >= 11 is 5.86. The van der Waals surface area contributed by atoms with Crippen molar-refractivity contribution in [3.63, 3.8) is 0 Å². The zero-order valence-corrected chi connectivity index (χ0v) is 11.0. The van der Waals surface area contributed by atoms with Gasteiger partial charge >= 0.3 is 0 Å². The smallest absolute Gasteiger partial charge is 0.238 e. The Bertz CT molecular complexity index is 653. The zero-order chi connectivity index (χ0) is 13.2. The molecule has 18 heavy (non-hydrogen) atoms. The summed E-state index contributed by atoms with van der Waals surface area (Å²) in [6.07, 6.45) is 2.58. The minimum atomic E-state index is -3.20. The number of hydrogen-bond acceptors (Lipinski definition) is 4. The van der Waals surface area contributed by atoms with Crippen LogP contribution in [0.15, 0.2) is 41.4 Å². The van der Waals surface area contributed by atoms with E-state index in [-0.39, 0.29) is 10.8 Å². The van der Waals surface area contributed by atoms with Gasteiger partial charge in [0.2, 0.25) is 5.88 Å². The summed E-state index contributed by atoms with van der Waals surface area (Å²) in [4.78, 5) is 4.15. The number of nitrogens with zero attached hydrogens (tertiary/aromatic N) is 1. The second kappa shape index (κ2) is 4.96. The van der Waals surface area contributed by atoms with E-state index in [0.717, 1.165) is 6.26 Å². The van der Waals surface area contributed by atoms with Crippen molar-refractivity contribution >= 4 is 21.4 Å². The van der Waals surface area contributed by atoms with Gasteiger partial charge in [-0.15, -0.1) is 0 Å². The highest BCUT2D eigenvalue weighted by atomic mass is 35.5. The summed E-state index contributed by atoms with van der Waals surface area (Å²) in [5.74, 6) is 0.713. The Morgan fingerprint density at radius 2 is 1.94 bits per heavy atom. The summed E-state index contributed by atoms with van der Waals surface area (Å²) < 4.78 is 28.0. The summed E-state index contributed by atoms with van der Waals surface area (Å²) in [7, 11) is -3.20. The second-order valence-corrected chi connectivity index (χ2v) is 5.99. The maximum Gasteiger partial charge on any atom is 0.238 e. The zero-order valence-electron chi connectivity index (χ0n) is 9.42. The summed E-state index contributed by atoms with van der Waals surface area (Å²) in [5.41, 5.74) is 0. The molecule has 0 saturated heterocycles. The van der Waals surface area contributed by atoms with E-state index in [1.165, 1.54) is 24.4 Å². The fourth-order valence-corrected chi connectivity index (χ4v) is 2.05. The Labute approximate surface area is 110 Å². The van der Waals surface area contributed by atoms with E-state index in [1.807, 2.05) is 0 Å². The third kappa shape index (κ3) is 3.00. The van der Waals surface area contributed by atoms with Gasteiger partial charge in [0.15, 0.2) is 9.84 Å². The molecule has 1 aromatic heterocycles. The molecule has 1 aromatic carbocycles. The van der Waals surface area contributed by atoms with E-state index in [9.17, 15) is 8.42 Å². The minimum absolute atomic E-state index is 0.232. The van der Waals surface area contributed by atoms with Gasteiger partial charge in [-0.25, -0.2) is 13.4 Å². The fourth-order valence-electron chi connectivity index (χ4n) is 1.27. The van der Waals surface area contributed by atoms with Crippen molar-refractivity contribution < 1.29 is 13.2 Å². The van der Waals surface area contributed by atoms with Crippen molar-refractivity contribution in [1.29, 1.82) is 0 Å². The lowest BCUT2D eigenvalue weighted by molar-refractivity contribution is 0.462. The molecule has 0 unspecified atom stereocenters. The molecule has 0 spiro atoms. The third-order valence-electron chi connectivity index (χ3n) is 2.14. The van der Waals surface area contributed by atoms with E-state index >= 15 is 0 Å². The highest BCUT2D eigenvalue weighted by Crippen LogP contribution is 2.26. The number of pyridine rings is 1. The summed E-state index contributed by atoms with van der Waals surface area (Å²) in [5, 5.41) is 0.338. The SMILES string of the molecule is CS(=O)(=O)c1ccc(Oc2nc[c]cc2Cl)cc1. The minimum Gasteiger partial charge on any atom is -0.438 e. The average Bonchev–Trinajstić information content (AvgIpc) is 2.32. The van der Waals surface area contributed by atoms with Crippen LogP contribution in [0.2, 0.25) is 5.02 Å². The first-order chi connectivity index (χ1) is 8.47. The second-order valence-electron chi connectivity index (χ2n) is 3.57. The Balaban J connectivity index is 2.24. The Hall–Kier alpha value is -1.59. The standard InChI is InChI=1S/C12H9ClNO3S/c1-18(15,16)10-6-4-9(5-7-10)17-12-11(13)3-2-8-14-12/h3-8H,1H3.